The molecular weight excluding hydrogens is 288 g/mol. The maximum Gasteiger partial charge on any atom is 0.200 e. The molecule has 0 aliphatic carbocycles. The van der Waals surface area contributed by atoms with Gasteiger partial charge in [-0.2, -0.15) is 0 Å². The summed E-state index contributed by atoms with van der Waals surface area (Å²) < 4.78 is 16.1. The van der Waals surface area contributed by atoms with Gasteiger partial charge in [-0.1, -0.05) is 0 Å². The van der Waals surface area contributed by atoms with Crippen LogP contribution in [-0.4, -0.2) is 48.5 Å². The zero-order valence-corrected chi connectivity index (χ0v) is 12.4. The van der Waals surface area contributed by atoms with Crippen LogP contribution in [0.25, 0.3) is 0 Å². The molecule has 0 spiro atoms. The summed E-state index contributed by atoms with van der Waals surface area (Å²) in [6.45, 7) is -0.233. The van der Waals surface area contributed by atoms with Crippen molar-refractivity contribution in [2.24, 2.45) is 0 Å². The highest BCUT2D eigenvalue weighted by molar-refractivity contribution is 5.95. The molecule has 6 heteroatoms. The van der Waals surface area contributed by atoms with Gasteiger partial charge in [-0.3, -0.25) is 4.79 Å². The second-order valence-electron chi connectivity index (χ2n) is 5.52. The molecule has 118 valence electrons. The Balaban J connectivity index is 2.08. The van der Waals surface area contributed by atoms with Crippen molar-refractivity contribution in [1.29, 1.82) is 0 Å². The average molecular weight is 306 g/mol. The van der Waals surface area contributed by atoms with Crippen LogP contribution in [0.2, 0.25) is 0 Å². The highest BCUT2D eigenvalue weighted by Crippen LogP contribution is 2.49. The van der Waals surface area contributed by atoms with Gasteiger partial charge < -0.3 is 24.4 Å². The Morgan fingerprint density at radius 1 is 1.32 bits per heavy atom. The molecule has 1 aromatic rings. The summed E-state index contributed by atoms with van der Waals surface area (Å²) in [6, 6.07) is 3.37. The van der Waals surface area contributed by atoms with E-state index >= 15 is 0 Å². The van der Waals surface area contributed by atoms with E-state index in [2.05, 4.69) is 0 Å². The first-order valence-electron chi connectivity index (χ1n) is 7.01. The van der Waals surface area contributed by atoms with Crippen LogP contribution in [-0.2, 0) is 9.53 Å². The van der Waals surface area contributed by atoms with Crippen LogP contribution in [0.1, 0.15) is 17.9 Å². The number of carbonyl (C=O) groups is 1. The lowest BCUT2D eigenvalue weighted by Crippen LogP contribution is -2.39. The van der Waals surface area contributed by atoms with E-state index in [-0.39, 0.29) is 35.6 Å². The molecule has 3 rings (SSSR count). The number of carbonyl (C=O) groups excluding carboxylic acids is 1. The highest BCUT2D eigenvalue weighted by atomic mass is 16.5. The van der Waals surface area contributed by atoms with Crippen molar-refractivity contribution in [1.82, 2.24) is 0 Å². The van der Waals surface area contributed by atoms with Gasteiger partial charge in [-0.15, -0.1) is 0 Å². The van der Waals surface area contributed by atoms with Crippen LogP contribution >= 0.6 is 0 Å². The van der Waals surface area contributed by atoms with Crippen LogP contribution in [0.3, 0.4) is 0 Å². The van der Waals surface area contributed by atoms with Crippen molar-refractivity contribution in [3.63, 3.8) is 0 Å². The number of phenols is 1. The van der Waals surface area contributed by atoms with E-state index in [0.717, 1.165) is 5.56 Å². The van der Waals surface area contributed by atoms with Gasteiger partial charge in [0.2, 0.25) is 5.75 Å². The number of rotatable bonds is 4. The smallest absolute Gasteiger partial charge is 0.200 e. The van der Waals surface area contributed by atoms with Gasteiger partial charge in [0, 0.05) is 5.92 Å². The molecule has 2 N–H and O–H groups in total. The van der Waals surface area contributed by atoms with E-state index in [9.17, 15) is 15.0 Å². The monoisotopic (exact) mass is 306 g/mol. The van der Waals surface area contributed by atoms with E-state index in [1.807, 2.05) is 0 Å². The quantitative estimate of drug-likeness (QED) is 0.868. The Morgan fingerprint density at radius 2 is 1.95 bits per heavy atom. The Morgan fingerprint density at radius 3 is 2.50 bits per heavy atom. The number of aliphatic hydroxyl groups is 1. The van der Waals surface area contributed by atoms with Crippen LogP contribution in [0.15, 0.2) is 24.3 Å². The Hall–Kier alpha value is -2.05. The van der Waals surface area contributed by atoms with Crippen molar-refractivity contribution in [2.45, 2.75) is 24.0 Å². The topological polar surface area (TPSA) is 85.2 Å². The Bertz CT molecular complexity index is 613. The zero-order chi connectivity index (χ0) is 15.9. The van der Waals surface area contributed by atoms with Crippen LogP contribution in [0, 0.1) is 0 Å². The maximum atomic E-state index is 11.8. The molecule has 22 heavy (non-hydrogen) atoms. The first-order chi connectivity index (χ1) is 10.5. The van der Waals surface area contributed by atoms with Crippen molar-refractivity contribution in [3.8, 4) is 17.2 Å². The molecule has 1 aromatic carbocycles. The zero-order valence-electron chi connectivity index (χ0n) is 12.4. The second-order valence-corrected chi connectivity index (χ2v) is 5.52. The number of methoxy groups -OCH3 is 2. The van der Waals surface area contributed by atoms with E-state index in [0.29, 0.717) is 6.42 Å². The van der Waals surface area contributed by atoms with E-state index in [4.69, 9.17) is 14.2 Å². The largest absolute Gasteiger partial charge is 0.502 e. The highest BCUT2D eigenvalue weighted by Gasteiger charge is 2.51. The lowest BCUT2D eigenvalue weighted by atomic mass is 9.82. The number of aliphatic hydroxyl groups excluding tert-OH is 1. The van der Waals surface area contributed by atoms with Gasteiger partial charge in [0.1, 0.15) is 11.7 Å². The summed E-state index contributed by atoms with van der Waals surface area (Å²) in [5.74, 6) is 0.150. The van der Waals surface area contributed by atoms with Crippen LogP contribution < -0.4 is 9.47 Å². The van der Waals surface area contributed by atoms with Gasteiger partial charge in [-0.05, 0) is 36.3 Å². The first kappa shape index (κ1) is 14.9. The first-order valence-corrected chi connectivity index (χ1v) is 7.01. The Kier molecular flexibility index (Phi) is 3.58. The summed E-state index contributed by atoms with van der Waals surface area (Å²) in [7, 11) is 2.90. The van der Waals surface area contributed by atoms with Gasteiger partial charge in [0.15, 0.2) is 17.3 Å². The average Bonchev–Trinajstić information content (AvgIpc) is 2.87. The van der Waals surface area contributed by atoms with E-state index in [1.165, 1.54) is 20.3 Å². The molecule has 6 nitrogen and oxygen atoms in total. The maximum absolute atomic E-state index is 11.8. The van der Waals surface area contributed by atoms with Gasteiger partial charge in [-0.25, -0.2) is 0 Å². The fraction of sp³-hybridized carbons (Fsp3) is 0.438. The number of hydrogen-bond donors (Lipinski definition) is 2. The Labute approximate surface area is 127 Å². The fourth-order valence-corrected chi connectivity index (χ4v) is 3.20. The number of hydrogen-bond acceptors (Lipinski definition) is 6. The molecule has 0 unspecified atom stereocenters. The SMILES string of the molecule is COc1cc([C@@H]2C[C@H]3O[C@]2(CO)C=CC3=O)cc(OC)c1O. The lowest BCUT2D eigenvalue weighted by Gasteiger charge is -2.31. The minimum absolute atomic E-state index is 0.0831. The summed E-state index contributed by atoms with van der Waals surface area (Å²) in [5.41, 5.74) is -0.145. The molecule has 2 bridgehead atoms. The number of aromatic hydroxyl groups is 1. The molecule has 2 aliphatic rings. The van der Waals surface area contributed by atoms with Crippen molar-refractivity contribution < 1.29 is 29.2 Å². The minimum Gasteiger partial charge on any atom is -0.502 e. The van der Waals surface area contributed by atoms with E-state index in [1.54, 1.807) is 18.2 Å². The number of phenolic OH excluding ortho intramolecular Hbond substituents is 1. The molecular formula is C16H18O6. The number of ether oxygens (including phenoxy) is 3. The summed E-state index contributed by atoms with van der Waals surface area (Å²) in [4.78, 5) is 11.8. The molecule has 0 radical (unpaired) electrons. The molecule has 2 heterocycles. The molecule has 2 aliphatic heterocycles. The van der Waals surface area contributed by atoms with Gasteiger partial charge in [0.05, 0.1) is 20.8 Å². The molecule has 0 aromatic heterocycles. The number of ketones is 1. The van der Waals surface area contributed by atoms with Crippen LogP contribution in [0.5, 0.6) is 17.2 Å². The minimum atomic E-state index is -0.925. The fourth-order valence-electron chi connectivity index (χ4n) is 3.20. The predicted octanol–water partition coefficient (Wildman–Crippen LogP) is 1.15. The summed E-state index contributed by atoms with van der Waals surface area (Å²) in [5, 5.41) is 19.8. The number of fused-ring (bicyclic) bond motifs is 2. The normalized spacial score (nSPS) is 29.7. The van der Waals surface area contributed by atoms with Crippen molar-refractivity contribution in [3.05, 3.63) is 29.8 Å². The third kappa shape index (κ3) is 2.07. The van der Waals surface area contributed by atoms with E-state index < -0.39 is 11.7 Å². The standard InChI is InChI=1S/C16H18O6/c1-20-13-5-9(6-14(21-2)15(13)19)10-7-12-11(18)3-4-16(10,8-17)22-12/h3-6,10,12,17,19H,7-8H2,1-2H3/t10-,12+,16-/m0/s1. The predicted molar refractivity (Wildman–Crippen MR) is 77.4 cm³/mol. The van der Waals surface area contributed by atoms with Crippen LogP contribution in [0.4, 0.5) is 0 Å². The lowest BCUT2D eigenvalue weighted by molar-refractivity contribution is -0.132. The van der Waals surface area contributed by atoms with Gasteiger partial charge in [0.25, 0.3) is 0 Å². The van der Waals surface area contributed by atoms with Gasteiger partial charge >= 0.3 is 0 Å². The summed E-state index contributed by atoms with van der Waals surface area (Å²) in [6.07, 6.45) is 3.01. The third-order valence-electron chi connectivity index (χ3n) is 4.40. The third-order valence-corrected chi connectivity index (χ3v) is 4.40. The molecule has 1 fully saturated rings. The molecule has 0 amide bonds. The molecule has 3 atom stereocenters. The van der Waals surface area contributed by atoms with Crippen molar-refractivity contribution in [2.75, 3.05) is 20.8 Å². The summed E-state index contributed by atoms with van der Waals surface area (Å²) >= 11 is 0. The van der Waals surface area contributed by atoms with Crippen molar-refractivity contribution >= 4 is 5.78 Å². The molecule has 0 saturated carbocycles. The number of benzene rings is 1. The second kappa shape index (κ2) is 5.30. The molecule has 1 saturated heterocycles.